The van der Waals surface area contributed by atoms with Gasteiger partial charge in [0.05, 0.1) is 6.04 Å². The SMILES string of the molecule is CC(C)(C)[C@H](NC(=O)NP)C(=O)N1C[C@H]2[C@@H]([C@H]1C(=O)NC(CC1CCC1)C(=O)C(N)=O)C2(C)C. The minimum Gasteiger partial charge on any atom is -0.363 e. The van der Waals surface area contributed by atoms with Crippen LogP contribution in [0.5, 0.6) is 0 Å². The Labute approximate surface area is 203 Å². The normalized spacial score (nSPS) is 27.0. The number of rotatable bonds is 8. The number of carbonyl (C=O) groups excluding carboxylic acids is 5. The standard InChI is InChI=1S/C23H38N5O5P/c1-22(2,3)17(26-21(33)27-34)20(32)28-10-12-14(23(12,4)5)15(28)19(31)25-13(16(29)18(24)30)9-11-7-6-8-11/h11-15,17H,6-10,34H2,1-5H3,(H2,24,30)(H,25,31)(H2,26,27,33)/t12-,13?,14-,15-,17+/m0/s1. The van der Waals surface area contributed by atoms with Crippen molar-refractivity contribution in [3.63, 3.8) is 0 Å². The number of ketones is 1. The van der Waals surface area contributed by atoms with Crippen molar-refractivity contribution in [2.24, 2.45) is 34.3 Å². The van der Waals surface area contributed by atoms with Crippen LogP contribution in [0.2, 0.25) is 0 Å². The summed E-state index contributed by atoms with van der Waals surface area (Å²) in [5, 5.41) is 7.85. The molecule has 0 aromatic rings. The van der Waals surface area contributed by atoms with Gasteiger partial charge in [0.1, 0.15) is 12.1 Å². The zero-order valence-electron chi connectivity index (χ0n) is 20.6. The molecule has 3 rings (SSSR count). The second-order valence-corrected chi connectivity index (χ2v) is 11.9. The van der Waals surface area contributed by atoms with Gasteiger partial charge in [0.2, 0.25) is 17.6 Å². The number of hydrogen-bond acceptors (Lipinski definition) is 5. The topological polar surface area (TPSA) is 151 Å². The van der Waals surface area contributed by atoms with E-state index in [1.54, 1.807) is 0 Å². The van der Waals surface area contributed by atoms with E-state index in [2.05, 4.69) is 39.0 Å². The quantitative estimate of drug-likeness (QED) is 0.289. The summed E-state index contributed by atoms with van der Waals surface area (Å²) in [5.74, 6) is -2.35. The van der Waals surface area contributed by atoms with E-state index in [0.717, 1.165) is 19.3 Å². The molecule has 1 aliphatic heterocycles. The van der Waals surface area contributed by atoms with Crippen molar-refractivity contribution in [1.29, 1.82) is 0 Å². The lowest BCUT2D eigenvalue weighted by Gasteiger charge is -2.38. The summed E-state index contributed by atoms with van der Waals surface area (Å²) in [7, 11) is 2.09. The lowest BCUT2D eigenvalue weighted by atomic mass is 9.80. The van der Waals surface area contributed by atoms with Crippen molar-refractivity contribution in [2.75, 3.05) is 6.54 Å². The fourth-order valence-electron chi connectivity index (χ4n) is 5.52. The second-order valence-electron chi connectivity index (χ2n) is 11.6. The maximum atomic E-state index is 13.7. The largest absolute Gasteiger partial charge is 0.363 e. The van der Waals surface area contributed by atoms with Gasteiger partial charge in [-0.2, -0.15) is 0 Å². The summed E-state index contributed by atoms with van der Waals surface area (Å²) in [5.41, 5.74) is 4.52. The summed E-state index contributed by atoms with van der Waals surface area (Å²) >= 11 is 0. The van der Waals surface area contributed by atoms with E-state index in [1.807, 2.05) is 20.8 Å². The molecule has 2 aliphatic carbocycles. The van der Waals surface area contributed by atoms with E-state index in [0.29, 0.717) is 13.0 Å². The lowest BCUT2D eigenvalue weighted by Crippen LogP contribution is -2.61. The molecule has 5 amide bonds. The maximum absolute atomic E-state index is 13.7. The number of nitrogens with zero attached hydrogens (tertiary/aromatic N) is 1. The third kappa shape index (κ3) is 5.07. The molecule has 3 fully saturated rings. The summed E-state index contributed by atoms with van der Waals surface area (Å²) < 4.78 is 0. The van der Waals surface area contributed by atoms with Crippen molar-refractivity contribution >= 4 is 38.9 Å². The number of carbonyl (C=O) groups is 5. The van der Waals surface area contributed by atoms with Gasteiger partial charge in [-0.1, -0.05) is 53.9 Å². The van der Waals surface area contributed by atoms with Crippen molar-refractivity contribution in [3.8, 4) is 0 Å². The Morgan fingerprint density at radius 2 is 1.74 bits per heavy atom. The van der Waals surface area contributed by atoms with Crippen molar-refractivity contribution in [3.05, 3.63) is 0 Å². The van der Waals surface area contributed by atoms with Crippen LogP contribution >= 0.6 is 9.39 Å². The van der Waals surface area contributed by atoms with Crippen molar-refractivity contribution in [2.45, 2.75) is 78.4 Å². The van der Waals surface area contributed by atoms with Crippen LogP contribution in [0.15, 0.2) is 0 Å². The molecule has 10 nitrogen and oxygen atoms in total. The Kier molecular flexibility index (Phi) is 7.32. The van der Waals surface area contributed by atoms with Crippen molar-refractivity contribution < 1.29 is 24.0 Å². The van der Waals surface area contributed by atoms with E-state index in [9.17, 15) is 24.0 Å². The van der Waals surface area contributed by atoms with Crippen LogP contribution in [0.4, 0.5) is 4.79 Å². The molecule has 34 heavy (non-hydrogen) atoms. The highest BCUT2D eigenvalue weighted by Gasteiger charge is 2.69. The summed E-state index contributed by atoms with van der Waals surface area (Å²) in [6.45, 7) is 10.0. The molecule has 6 atom stereocenters. The minimum absolute atomic E-state index is 0.0688. The Hall–Kier alpha value is -2.22. The first-order chi connectivity index (χ1) is 15.7. The number of hydrogen-bond donors (Lipinski definition) is 4. The number of nitrogens with one attached hydrogen (secondary N) is 3. The van der Waals surface area contributed by atoms with E-state index in [4.69, 9.17) is 5.73 Å². The van der Waals surface area contributed by atoms with Gasteiger partial charge < -0.3 is 26.4 Å². The molecule has 0 spiro atoms. The highest BCUT2D eigenvalue weighted by Crippen LogP contribution is 2.65. The highest BCUT2D eigenvalue weighted by atomic mass is 31.0. The fraction of sp³-hybridized carbons (Fsp3) is 0.783. The third-order valence-electron chi connectivity index (χ3n) is 7.95. The monoisotopic (exact) mass is 495 g/mol. The Morgan fingerprint density at radius 3 is 2.21 bits per heavy atom. The van der Waals surface area contributed by atoms with Gasteiger partial charge in [0.15, 0.2) is 0 Å². The summed E-state index contributed by atoms with van der Waals surface area (Å²) in [6.07, 6.45) is 3.32. The predicted octanol–water partition coefficient (Wildman–Crippen LogP) is 0.703. The van der Waals surface area contributed by atoms with Crippen LogP contribution < -0.4 is 21.5 Å². The molecule has 3 aliphatic rings. The van der Waals surface area contributed by atoms with Gasteiger partial charge in [0.25, 0.3) is 5.91 Å². The van der Waals surface area contributed by atoms with E-state index < -0.39 is 47.2 Å². The number of urea groups is 1. The van der Waals surface area contributed by atoms with Gasteiger partial charge in [0, 0.05) is 6.54 Å². The second kappa shape index (κ2) is 9.44. The van der Waals surface area contributed by atoms with Crippen LogP contribution in [-0.2, 0) is 19.2 Å². The molecule has 190 valence electrons. The Balaban J connectivity index is 1.84. The molecule has 5 N–H and O–H groups in total. The highest BCUT2D eigenvalue weighted by molar-refractivity contribution is 7.15. The Morgan fingerprint density at radius 1 is 1.12 bits per heavy atom. The molecular weight excluding hydrogens is 457 g/mol. The molecule has 2 unspecified atom stereocenters. The van der Waals surface area contributed by atoms with E-state index in [1.165, 1.54) is 4.90 Å². The summed E-state index contributed by atoms with van der Waals surface area (Å²) in [6, 6.07) is -3.16. The average Bonchev–Trinajstić information content (AvgIpc) is 3.06. The zero-order chi connectivity index (χ0) is 25.6. The minimum atomic E-state index is -1.07. The summed E-state index contributed by atoms with van der Waals surface area (Å²) in [4.78, 5) is 64.8. The first-order valence-electron chi connectivity index (χ1n) is 11.9. The lowest BCUT2D eigenvalue weighted by molar-refractivity contribution is -0.145. The molecule has 0 radical (unpaired) electrons. The van der Waals surface area contributed by atoms with Crippen LogP contribution in [0.1, 0.15) is 60.3 Å². The van der Waals surface area contributed by atoms with Gasteiger partial charge in [-0.3, -0.25) is 19.2 Å². The fourth-order valence-corrected chi connectivity index (χ4v) is 5.61. The molecule has 0 bridgehead atoms. The Bertz CT molecular complexity index is 881. The average molecular weight is 496 g/mol. The third-order valence-corrected chi connectivity index (χ3v) is 8.21. The molecule has 0 aromatic heterocycles. The van der Waals surface area contributed by atoms with Crippen LogP contribution in [0.25, 0.3) is 0 Å². The number of likely N-dealkylation sites (tertiary alicyclic amines) is 1. The van der Waals surface area contributed by atoms with Gasteiger partial charge in [-0.05, 0) is 44.4 Å². The van der Waals surface area contributed by atoms with E-state index in [-0.39, 0.29) is 29.1 Å². The van der Waals surface area contributed by atoms with Gasteiger partial charge >= 0.3 is 6.03 Å². The van der Waals surface area contributed by atoms with Gasteiger partial charge in [-0.15, -0.1) is 0 Å². The van der Waals surface area contributed by atoms with Crippen LogP contribution in [-0.4, -0.2) is 59.1 Å². The zero-order valence-corrected chi connectivity index (χ0v) is 21.8. The van der Waals surface area contributed by atoms with Crippen LogP contribution in [0.3, 0.4) is 0 Å². The number of primary amides is 1. The maximum Gasteiger partial charge on any atom is 0.318 e. The van der Waals surface area contributed by atoms with E-state index >= 15 is 0 Å². The smallest absolute Gasteiger partial charge is 0.318 e. The van der Waals surface area contributed by atoms with Crippen LogP contribution in [0, 0.1) is 28.6 Å². The molecule has 11 heteroatoms. The number of fused-ring (bicyclic) bond motifs is 1. The molecule has 2 saturated carbocycles. The number of amides is 5. The molecule has 1 heterocycles. The first-order valence-corrected chi connectivity index (χ1v) is 12.5. The molecule has 1 saturated heterocycles. The predicted molar refractivity (Wildman–Crippen MR) is 129 cm³/mol. The first kappa shape index (κ1) is 26.4. The molecule has 0 aromatic carbocycles. The number of piperidine rings is 1. The molecular formula is C23H38N5O5P. The van der Waals surface area contributed by atoms with Gasteiger partial charge in [-0.25, -0.2) is 4.79 Å². The van der Waals surface area contributed by atoms with Crippen molar-refractivity contribution in [1.82, 2.24) is 20.6 Å². The number of Topliss-reactive ketones (excluding diaryl/α,β-unsaturated/α-hetero) is 1. The number of nitrogens with two attached hydrogens (primary N) is 1.